The molecule has 0 fully saturated rings. The number of hydrogen-bond acceptors (Lipinski definition) is 4. The number of nitrogens with zero attached hydrogens (tertiary/aromatic N) is 4. The maximum Gasteiger partial charge on any atom is 0.131 e. The van der Waals surface area contributed by atoms with E-state index in [0.29, 0.717) is 0 Å². The van der Waals surface area contributed by atoms with Crippen LogP contribution in [0.1, 0.15) is 16.8 Å². The van der Waals surface area contributed by atoms with E-state index < -0.39 is 0 Å². The minimum atomic E-state index is 0.743. The van der Waals surface area contributed by atoms with Crippen LogP contribution in [0, 0.1) is 6.92 Å². The summed E-state index contributed by atoms with van der Waals surface area (Å²) in [6.45, 7) is 5.84. The van der Waals surface area contributed by atoms with Crippen molar-refractivity contribution in [1.82, 2.24) is 19.6 Å². The first-order valence-electron chi connectivity index (χ1n) is 7.03. The summed E-state index contributed by atoms with van der Waals surface area (Å²) in [5.74, 6) is 0. The quantitative estimate of drug-likeness (QED) is 0.781. The number of thiophene rings is 1. The highest BCUT2D eigenvalue weighted by Crippen LogP contribution is 2.21. The number of aromatic nitrogens is 2. The van der Waals surface area contributed by atoms with Gasteiger partial charge in [0, 0.05) is 38.8 Å². The molecule has 0 saturated heterocycles. The van der Waals surface area contributed by atoms with Gasteiger partial charge in [0.15, 0.2) is 0 Å². The number of hydrogen-bond donors (Lipinski definition) is 0. The first-order valence-corrected chi connectivity index (χ1v) is 8.35. The van der Waals surface area contributed by atoms with Crippen LogP contribution in [-0.2, 0) is 20.1 Å². The van der Waals surface area contributed by atoms with Gasteiger partial charge in [0.05, 0.1) is 5.69 Å². The fourth-order valence-corrected chi connectivity index (χ4v) is 3.17. The Hall–Kier alpha value is -0.880. The minimum absolute atomic E-state index is 0.743. The van der Waals surface area contributed by atoms with Crippen molar-refractivity contribution in [2.24, 2.45) is 7.05 Å². The topological polar surface area (TPSA) is 24.3 Å². The second-order valence-electron chi connectivity index (χ2n) is 5.62. The molecule has 21 heavy (non-hydrogen) atoms. The van der Waals surface area contributed by atoms with E-state index >= 15 is 0 Å². The van der Waals surface area contributed by atoms with E-state index in [0.717, 1.165) is 42.6 Å². The van der Waals surface area contributed by atoms with Gasteiger partial charge in [-0.3, -0.25) is 9.58 Å². The summed E-state index contributed by atoms with van der Waals surface area (Å²) in [6.07, 6.45) is 0. The Morgan fingerprint density at radius 2 is 2.05 bits per heavy atom. The first kappa shape index (κ1) is 16.5. The molecule has 0 aliphatic heterocycles. The van der Waals surface area contributed by atoms with Crippen LogP contribution in [0.4, 0.5) is 0 Å². The third kappa shape index (κ3) is 4.54. The molecule has 2 heterocycles. The van der Waals surface area contributed by atoms with E-state index in [1.807, 2.05) is 14.0 Å². The van der Waals surface area contributed by atoms with Gasteiger partial charge >= 0.3 is 0 Å². The van der Waals surface area contributed by atoms with Gasteiger partial charge in [0.1, 0.15) is 5.15 Å². The third-order valence-electron chi connectivity index (χ3n) is 3.50. The maximum absolute atomic E-state index is 6.37. The van der Waals surface area contributed by atoms with Crippen molar-refractivity contribution < 1.29 is 0 Å². The first-order chi connectivity index (χ1) is 9.97. The lowest BCUT2D eigenvalue weighted by Crippen LogP contribution is -2.31. The molecular formula is C15H23ClN4S. The largest absolute Gasteiger partial charge is 0.308 e. The molecule has 4 nitrogen and oxygen atoms in total. The molecule has 0 bridgehead atoms. The second-order valence-corrected chi connectivity index (χ2v) is 6.76. The van der Waals surface area contributed by atoms with Crippen LogP contribution in [0.15, 0.2) is 16.8 Å². The van der Waals surface area contributed by atoms with Crippen molar-refractivity contribution >= 4 is 22.9 Å². The Balaban J connectivity index is 2.10. The average molecular weight is 327 g/mol. The minimum Gasteiger partial charge on any atom is -0.308 e. The van der Waals surface area contributed by atoms with Gasteiger partial charge in [-0.25, -0.2) is 0 Å². The smallest absolute Gasteiger partial charge is 0.131 e. The van der Waals surface area contributed by atoms with Gasteiger partial charge in [-0.1, -0.05) is 11.6 Å². The van der Waals surface area contributed by atoms with Gasteiger partial charge in [-0.15, -0.1) is 0 Å². The van der Waals surface area contributed by atoms with Gasteiger partial charge in [-0.2, -0.15) is 16.4 Å². The fourth-order valence-electron chi connectivity index (χ4n) is 2.27. The molecule has 0 saturated carbocycles. The van der Waals surface area contributed by atoms with Crippen LogP contribution < -0.4 is 0 Å². The molecule has 0 spiro atoms. The summed E-state index contributed by atoms with van der Waals surface area (Å²) >= 11 is 8.11. The zero-order chi connectivity index (χ0) is 15.4. The van der Waals surface area contributed by atoms with E-state index in [2.05, 4.69) is 45.8 Å². The summed E-state index contributed by atoms with van der Waals surface area (Å²) in [6, 6.07) is 2.19. The Kier molecular flexibility index (Phi) is 5.81. The predicted octanol–water partition coefficient (Wildman–Crippen LogP) is 3.01. The van der Waals surface area contributed by atoms with Crippen molar-refractivity contribution in [1.29, 1.82) is 0 Å². The normalized spacial score (nSPS) is 11.8. The van der Waals surface area contributed by atoms with E-state index in [4.69, 9.17) is 11.6 Å². The Bertz CT molecular complexity index is 562. The number of rotatable bonds is 7. The highest BCUT2D eigenvalue weighted by atomic mass is 35.5. The van der Waals surface area contributed by atoms with E-state index in [1.165, 1.54) is 5.56 Å². The molecule has 2 rings (SSSR count). The van der Waals surface area contributed by atoms with Crippen LogP contribution >= 0.6 is 22.9 Å². The Labute approximate surface area is 135 Å². The van der Waals surface area contributed by atoms with Crippen molar-refractivity contribution in [3.63, 3.8) is 0 Å². The Morgan fingerprint density at radius 1 is 1.29 bits per heavy atom. The van der Waals surface area contributed by atoms with E-state index in [9.17, 15) is 0 Å². The van der Waals surface area contributed by atoms with Crippen LogP contribution in [0.3, 0.4) is 0 Å². The molecule has 116 valence electrons. The highest BCUT2D eigenvalue weighted by molar-refractivity contribution is 7.07. The van der Waals surface area contributed by atoms with Gasteiger partial charge in [0.25, 0.3) is 0 Å². The van der Waals surface area contributed by atoms with Gasteiger partial charge in [-0.05, 0) is 43.4 Å². The Morgan fingerprint density at radius 3 is 2.57 bits per heavy atom. The molecule has 0 unspecified atom stereocenters. The van der Waals surface area contributed by atoms with E-state index in [1.54, 1.807) is 16.0 Å². The summed E-state index contributed by atoms with van der Waals surface area (Å²) < 4.78 is 1.75. The van der Waals surface area contributed by atoms with Crippen LogP contribution in [0.25, 0.3) is 0 Å². The lowest BCUT2D eigenvalue weighted by atomic mass is 10.2. The lowest BCUT2D eigenvalue weighted by molar-refractivity contribution is 0.226. The van der Waals surface area contributed by atoms with Crippen LogP contribution in [0.2, 0.25) is 5.15 Å². The maximum atomic E-state index is 6.37. The summed E-state index contributed by atoms with van der Waals surface area (Å²) in [4.78, 5) is 4.64. The average Bonchev–Trinajstić information content (AvgIpc) is 3.00. The molecule has 0 atom stereocenters. The van der Waals surface area contributed by atoms with Gasteiger partial charge in [0.2, 0.25) is 0 Å². The fraction of sp³-hybridized carbons (Fsp3) is 0.533. The van der Waals surface area contributed by atoms with Gasteiger partial charge < -0.3 is 4.90 Å². The molecule has 0 radical (unpaired) electrons. The summed E-state index contributed by atoms with van der Waals surface area (Å²) in [5.41, 5.74) is 3.51. The second kappa shape index (κ2) is 7.40. The molecule has 0 N–H and O–H groups in total. The number of halogens is 1. The SMILES string of the molecule is Cc1nn(C)c(Cl)c1CN(CCN(C)C)Cc1ccsc1. The molecule has 2 aromatic heterocycles. The summed E-state index contributed by atoms with van der Waals surface area (Å²) in [5, 5.41) is 9.48. The van der Waals surface area contributed by atoms with Crippen molar-refractivity contribution in [3.05, 3.63) is 38.8 Å². The van der Waals surface area contributed by atoms with Crippen molar-refractivity contribution in [2.75, 3.05) is 27.2 Å². The predicted molar refractivity (Wildman–Crippen MR) is 89.9 cm³/mol. The monoisotopic (exact) mass is 326 g/mol. The lowest BCUT2D eigenvalue weighted by Gasteiger charge is -2.23. The number of aryl methyl sites for hydroxylation is 2. The molecule has 0 aromatic carbocycles. The van der Waals surface area contributed by atoms with Crippen LogP contribution in [0.5, 0.6) is 0 Å². The zero-order valence-corrected chi connectivity index (χ0v) is 14.7. The zero-order valence-electron chi connectivity index (χ0n) is 13.1. The molecular weight excluding hydrogens is 304 g/mol. The number of likely N-dealkylation sites (N-methyl/N-ethyl adjacent to an activating group) is 1. The third-order valence-corrected chi connectivity index (χ3v) is 4.71. The molecule has 0 amide bonds. The van der Waals surface area contributed by atoms with Crippen LogP contribution in [-0.4, -0.2) is 46.8 Å². The van der Waals surface area contributed by atoms with E-state index in [-0.39, 0.29) is 0 Å². The summed E-state index contributed by atoms with van der Waals surface area (Å²) in [7, 11) is 6.10. The van der Waals surface area contributed by atoms with Crippen molar-refractivity contribution in [3.8, 4) is 0 Å². The standard InChI is InChI=1S/C15H23ClN4S/c1-12-14(15(16)19(4)17-12)10-20(7-6-18(2)3)9-13-5-8-21-11-13/h5,8,11H,6-7,9-10H2,1-4H3. The highest BCUT2D eigenvalue weighted by Gasteiger charge is 2.16. The van der Waals surface area contributed by atoms with Crippen molar-refractivity contribution in [2.45, 2.75) is 20.0 Å². The molecule has 0 aliphatic carbocycles. The molecule has 2 aromatic rings. The molecule has 6 heteroatoms. The molecule has 0 aliphatic rings.